The fourth-order valence-electron chi connectivity index (χ4n) is 1.58. The van der Waals surface area contributed by atoms with Gasteiger partial charge in [-0.05, 0) is 28.8 Å². The van der Waals surface area contributed by atoms with Crippen LogP contribution in [0.15, 0.2) is 23.6 Å². The van der Waals surface area contributed by atoms with Crippen molar-refractivity contribution in [3.63, 3.8) is 0 Å². The van der Waals surface area contributed by atoms with E-state index in [1.54, 1.807) is 11.3 Å². The molecular weight excluding hydrogens is 194 g/mol. The molecule has 2 rings (SSSR count). The quantitative estimate of drug-likeness (QED) is 0.802. The fraction of sp³-hybridized carbons (Fsp3) is 0.182. The zero-order valence-corrected chi connectivity index (χ0v) is 8.73. The molecule has 1 heterocycles. The molecule has 2 aromatic rings. The second kappa shape index (κ2) is 3.42. The third kappa shape index (κ3) is 1.51. The number of fused-ring (bicyclic) bond motifs is 1. The van der Waals surface area contributed by atoms with E-state index in [-0.39, 0.29) is 5.91 Å². The number of primary amides is 1. The summed E-state index contributed by atoms with van der Waals surface area (Å²) in [5, 5.41) is 3.18. The molecule has 0 atom stereocenters. The molecule has 2 N–H and O–H groups in total. The van der Waals surface area contributed by atoms with E-state index in [1.165, 1.54) is 10.3 Å². The molecule has 0 radical (unpaired) electrons. The van der Waals surface area contributed by atoms with E-state index < -0.39 is 0 Å². The Morgan fingerprint density at radius 2 is 2.29 bits per heavy atom. The summed E-state index contributed by atoms with van der Waals surface area (Å²) >= 11 is 1.67. The Morgan fingerprint density at radius 3 is 3.00 bits per heavy atom. The minimum atomic E-state index is -0.272. The molecule has 14 heavy (non-hydrogen) atoms. The van der Waals surface area contributed by atoms with E-state index in [1.807, 2.05) is 17.5 Å². The van der Waals surface area contributed by atoms with Crippen molar-refractivity contribution in [3.05, 3.63) is 34.7 Å². The highest BCUT2D eigenvalue weighted by atomic mass is 32.1. The van der Waals surface area contributed by atoms with Gasteiger partial charge in [-0.15, -0.1) is 11.3 Å². The first-order chi connectivity index (χ1) is 6.68. The summed E-state index contributed by atoms with van der Waals surface area (Å²) in [4.78, 5) is 10.8. The SMILES string of the molecule is Cc1cccc2c(CC(N)=O)csc12. The molecule has 0 aliphatic carbocycles. The normalized spacial score (nSPS) is 10.6. The maximum atomic E-state index is 10.8. The molecule has 0 bridgehead atoms. The number of carbonyl (C=O) groups excluding carboxylic acids is 1. The van der Waals surface area contributed by atoms with Crippen LogP contribution in [0, 0.1) is 6.92 Å². The monoisotopic (exact) mass is 205 g/mol. The number of rotatable bonds is 2. The minimum Gasteiger partial charge on any atom is -0.369 e. The molecule has 0 aliphatic heterocycles. The molecule has 1 aromatic heterocycles. The summed E-state index contributed by atoms with van der Waals surface area (Å²) in [7, 11) is 0. The number of thiophene rings is 1. The first-order valence-electron chi connectivity index (χ1n) is 4.42. The molecule has 2 nitrogen and oxygen atoms in total. The average molecular weight is 205 g/mol. The zero-order chi connectivity index (χ0) is 10.1. The van der Waals surface area contributed by atoms with Crippen LogP contribution < -0.4 is 5.73 Å². The van der Waals surface area contributed by atoms with Crippen LogP contribution in [0.25, 0.3) is 10.1 Å². The highest BCUT2D eigenvalue weighted by Crippen LogP contribution is 2.28. The lowest BCUT2D eigenvalue weighted by molar-refractivity contribution is -0.117. The smallest absolute Gasteiger partial charge is 0.221 e. The molecule has 0 fully saturated rings. The molecule has 1 aromatic carbocycles. The summed E-state index contributed by atoms with van der Waals surface area (Å²) in [6, 6.07) is 6.12. The molecular formula is C11H11NOS. The lowest BCUT2D eigenvalue weighted by Crippen LogP contribution is -2.13. The van der Waals surface area contributed by atoms with Crippen LogP contribution in [-0.4, -0.2) is 5.91 Å². The lowest BCUT2D eigenvalue weighted by Gasteiger charge is -1.97. The summed E-state index contributed by atoms with van der Waals surface area (Å²) in [6.45, 7) is 2.08. The van der Waals surface area contributed by atoms with Gasteiger partial charge in [-0.1, -0.05) is 18.2 Å². The van der Waals surface area contributed by atoms with Crippen molar-refractivity contribution >= 4 is 27.3 Å². The Morgan fingerprint density at radius 1 is 1.50 bits per heavy atom. The number of nitrogens with two attached hydrogens (primary N) is 1. The van der Waals surface area contributed by atoms with E-state index in [2.05, 4.69) is 13.0 Å². The van der Waals surface area contributed by atoms with Crippen LogP contribution in [0.4, 0.5) is 0 Å². The van der Waals surface area contributed by atoms with Crippen LogP contribution >= 0.6 is 11.3 Å². The van der Waals surface area contributed by atoms with Gasteiger partial charge in [-0.2, -0.15) is 0 Å². The van der Waals surface area contributed by atoms with E-state index >= 15 is 0 Å². The predicted molar refractivity (Wildman–Crippen MR) is 59.5 cm³/mol. The second-order valence-electron chi connectivity index (χ2n) is 3.36. The van der Waals surface area contributed by atoms with E-state index in [9.17, 15) is 4.79 Å². The Labute approximate surface area is 86.3 Å². The van der Waals surface area contributed by atoms with E-state index in [0.29, 0.717) is 6.42 Å². The van der Waals surface area contributed by atoms with Crippen molar-refractivity contribution in [1.29, 1.82) is 0 Å². The van der Waals surface area contributed by atoms with Crippen molar-refractivity contribution in [3.8, 4) is 0 Å². The molecule has 0 aliphatic rings. The molecule has 0 spiro atoms. The van der Waals surface area contributed by atoms with Gasteiger partial charge in [-0.3, -0.25) is 4.79 Å². The maximum absolute atomic E-state index is 10.8. The van der Waals surface area contributed by atoms with E-state index in [0.717, 1.165) is 10.9 Å². The van der Waals surface area contributed by atoms with Crippen molar-refractivity contribution in [2.45, 2.75) is 13.3 Å². The van der Waals surface area contributed by atoms with Gasteiger partial charge in [-0.25, -0.2) is 0 Å². The number of amides is 1. The second-order valence-corrected chi connectivity index (χ2v) is 4.24. The first kappa shape index (κ1) is 9.21. The average Bonchev–Trinajstić information content (AvgIpc) is 2.49. The maximum Gasteiger partial charge on any atom is 0.221 e. The van der Waals surface area contributed by atoms with E-state index in [4.69, 9.17) is 5.73 Å². The van der Waals surface area contributed by atoms with Crippen LogP contribution in [-0.2, 0) is 11.2 Å². The Hall–Kier alpha value is -1.35. The van der Waals surface area contributed by atoms with Gasteiger partial charge >= 0.3 is 0 Å². The van der Waals surface area contributed by atoms with Gasteiger partial charge in [0, 0.05) is 4.70 Å². The minimum absolute atomic E-state index is 0.272. The van der Waals surface area contributed by atoms with Crippen LogP contribution in [0.2, 0.25) is 0 Å². The van der Waals surface area contributed by atoms with Gasteiger partial charge in [0.15, 0.2) is 0 Å². The third-order valence-electron chi connectivity index (χ3n) is 2.24. The summed E-state index contributed by atoms with van der Waals surface area (Å²) in [5.74, 6) is -0.272. The predicted octanol–water partition coefficient (Wildman–Crippen LogP) is 2.24. The molecule has 0 saturated heterocycles. The fourth-order valence-corrected chi connectivity index (χ4v) is 2.63. The van der Waals surface area contributed by atoms with Gasteiger partial charge < -0.3 is 5.73 Å². The largest absolute Gasteiger partial charge is 0.369 e. The van der Waals surface area contributed by atoms with Crippen LogP contribution in [0.5, 0.6) is 0 Å². The van der Waals surface area contributed by atoms with Gasteiger partial charge in [0.1, 0.15) is 0 Å². The highest BCUT2D eigenvalue weighted by molar-refractivity contribution is 7.17. The zero-order valence-electron chi connectivity index (χ0n) is 7.91. The highest BCUT2D eigenvalue weighted by Gasteiger charge is 2.07. The summed E-state index contributed by atoms with van der Waals surface area (Å²) in [6.07, 6.45) is 0.337. The Balaban J connectivity index is 2.58. The van der Waals surface area contributed by atoms with Crippen molar-refractivity contribution in [1.82, 2.24) is 0 Å². The molecule has 0 unspecified atom stereocenters. The molecule has 1 amide bonds. The molecule has 3 heteroatoms. The molecule has 72 valence electrons. The van der Waals surface area contributed by atoms with Gasteiger partial charge in [0.2, 0.25) is 5.91 Å². The number of aryl methyl sites for hydroxylation is 1. The number of hydrogen-bond acceptors (Lipinski definition) is 2. The molecule has 0 saturated carbocycles. The standard InChI is InChI=1S/C11H11NOS/c1-7-3-2-4-9-8(5-10(12)13)6-14-11(7)9/h2-4,6H,5H2,1H3,(H2,12,13). The topological polar surface area (TPSA) is 43.1 Å². The van der Waals surface area contributed by atoms with Crippen molar-refractivity contribution in [2.24, 2.45) is 5.73 Å². The van der Waals surface area contributed by atoms with Crippen molar-refractivity contribution in [2.75, 3.05) is 0 Å². The third-order valence-corrected chi connectivity index (χ3v) is 3.42. The van der Waals surface area contributed by atoms with Crippen molar-refractivity contribution < 1.29 is 4.79 Å². The van der Waals surface area contributed by atoms with Gasteiger partial charge in [0.05, 0.1) is 6.42 Å². The Bertz CT molecular complexity index is 487. The van der Waals surface area contributed by atoms with Crippen LogP contribution in [0.1, 0.15) is 11.1 Å². The van der Waals surface area contributed by atoms with Gasteiger partial charge in [0.25, 0.3) is 0 Å². The Kier molecular flexibility index (Phi) is 2.25. The lowest BCUT2D eigenvalue weighted by atomic mass is 10.1. The summed E-state index contributed by atoms with van der Waals surface area (Å²) < 4.78 is 1.25. The van der Waals surface area contributed by atoms with Crippen LogP contribution in [0.3, 0.4) is 0 Å². The number of carbonyl (C=O) groups is 1. The number of benzene rings is 1. The first-order valence-corrected chi connectivity index (χ1v) is 5.30. The summed E-state index contributed by atoms with van der Waals surface area (Å²) in [5.41, 5.74) is 7.47. The number of hydrogen-bond donors (Lipinski definition) is 1.